The lowest BCUT2D eigenvalue weighted by atomic mass is 10.1. The highest BCUT2D eigenvalue weighted by Crippen LogP contribution is 2.47. The summed E-state index contributed by atoms with van der Waals surface area (Å²) in [7, 11) is 0. The van der Waals surface area contributed by atoms with Crippen molar-refractivity contribution >= 4 is 11.4 Å². The number of nitrogens with one attached hydrogen (secondary N) is 2. The van der Waals surface area contributed by atoms with Gasteiger partial charge >= 0.3 is 0 Å². The van der Waals surface area contributed by atoms with E-state index in [1.165, 1.54) is 6.07 Å². The molecule has 0 bridgehead atoms. The third-order valence-corrected chi connectivity index (χ3v) is 3.31. The Morgan fingerprint density at radius 1 is 1.07 bits per heavy atom. The van der Waals surface area contributed by atoms with Gasteiger partial charge in [-0.05, 0) is 18.9 Å². The van der Waals surface area contributed by atoms with E-state index in [4.69, 9.17) is 0 Å². The van der Waals surface area contributed by atoms with Crippen molar-refractivity contribution in [3.63, 3.8) is 0 Å². The van der Waals surface area contributed by atoms with Crippen molar-refractivity contribution < 1.29 is 8.78 Å². The minimum Gasteiger partial charge on any atom is -0.383 e. The Morgan fingerprint density at radius 2 is 1.80 bits per heavy atom. The number of halogens is 2. The van der Waals surface area contributed by atoms with Crippen LogP contribution in [0.2, 0.25) is 0 Å². The quantitative estimate of drug-likeness (QED) is 0.687. The van der Waals surface area contributed by atoms with Crippen LogP contribution in [0.15, 0.2) is 12.1 Å². The summed E-state index contributed by atoms with van der Waals surface area (Å²) in [6.07, 6.45) is 2.32. The lowest BCUT2D eigenvalue weighted by molar-refractivity contribution is 0.576. The van der Waals surface area contributed by atoms with Gasteiger partial charge in [0, 0.05) is 24.6 Å². The zero-order valence-electron chi connectivity index (χ0n) is 8.24. The van der Waals surface area contributed by atoms with Crippen LogP contribution in [0.25, 0.3) is 0 Å². The van der Waals surface area contributed by atoms with Crippen molar-refractivity contribution in [3.05, 3.63) is 23.8 Å². The fourth-order valence-electron chi connectivity index (χ4n) is 2.04. The van der Waals surface area contributed by atoms with Crippen LogP contribution in [-0.2, 0) is 0 Å². The van der Waals surface area contributed by atoms with Crippen LogP contribution in [-0.4, -0.2) is 13.1 Å². The molecule has 15 heavy (non-hydrogen) atoms. The molecule has 2 N–H and O–H groups in total. The van der Waals surface area contributed by atoms with Crippen molar-refractivity contribution in [1.29, 1.82) is 0 Å². The molecule has 0 radical (unpaired) electrons. The van der Waals surface area contributed by atoms with Crippen LogP contribution >= 0.6 is 0 Å². The first-order chi connectivity index (χ1) is 7.19. The molecule has 3 rings (SSSR count). The van der Waals surface area contributed by atoms with Crippen LogP contribution in [0.3, 0.4) is 0 Å². The van der Waals surface area contributed by atoms with Gasteiger partial charge < -0.3 is 10.6 Å². The van der Waals surface area contributed by atoms with Gasteiger partial charge in [-0.3, -0.25) is 0 Å². The summed E-state index contributed by atoms with van der Waals surface area (Å²) in [6, 6.07) is 2.26. The second-order valence-electron chi connectivity index (χ2n) is 4.52. The van der Waals surface area contributed by atoms with Crippen LogP contribution in [0, 0.1) is 17.0 Å². The number of hydrogen-bond donors (Lipinski definition) is 2. The van der Waals surface area contributed by atoms with Crippen LogP contribution in [0.4, 0.5) is 20.2 Å². The van der Waals surface area contributed by atoms with E-state index in [9.17, 15) is 8.78 Å². The molecule has 80 valence electrons. The van der Waals surface area contributed by atoms with Crippen molar-refractivity contribution in [2.24, 2.45) is 5.41 Å². The first kappa shape index (κ1) is 8.95. The van der Waals surface area contributed by atoms with Crippen molar-refractivity contribution in [3.8, 4) is 0 Å². The highest BCUT2D eigenvalue weighted by atomic mass is 19.1. The summed E-state index contributed by atoms with van der Waals surface area (Å²) in [4.78, 5) is 0. The third kappa shape index (κ3) is 1.44. The maximum atomic E-state index is 13.4. The molecular formula is C11H12F2N2. The molecule has 4 heteroatoms. The van der Waals surface area contributed by atoms with Crippen LogP contribution in [0.5, 0.6) is 0 Å². The monoisotopic (exact) mass is 210 g/mol. The van der Waals surface area contributed by atoms with Crippen molar-refractivity contribution in [2.45, 2.75) is 12.8 Å². The second-order valence-corrected chi connectivity index (χ2v) is 4.52. The van der Waals surface area contributed by atoms with E-state index in [1.54, 1.807) is 0 Å². The van der Waals surface area contributed by atoms with Crippen molar-refractivity contribution in [2.75, 3.05) is 23.7 Å². The fraction of sp³-hybridized carbons (Fsp3) is 0.455. The summed E-state index contributed by atoms with van der Waals surface area (Å²) < 4.78 is 26.4. The second kappa shape index (κ2) is 2.84. The molecular weight excluding hydrogens is 198 g/mol. The molecule has 1 heterocycles. The molecule has 0 atom stereocenters. The van der Waals surface area contributed by atoms with E-state index in [-0.39, 0.29) is 5.41 Å². The number of fused-ring (bicyclic) bond motifs is 1. The van der Waals surface area contributed by atoms with E-state index in [0.717, 1.165) is 32.0 Å². The molecule has 1 spiro atoms. The molecule has 1 aromatic rings. The summed E-state index contributed by atoms with van der Waals surface area (Å²) in [5, 5.41) is 6.19. The average Bonchev–Trinajstić information content (AvgIpc) is 2.96. The largest absolute Gasteiger partial charge is 0.383 e. The summed E-state index contributed by atoms with van der Waals surface area (Å²) in [6.45, 7) is 1.57. The normalized spacial score (nSPS) is 21.2. The van der Waals surface area contributed by atoms with Gasteiger partial charge in [0.05, 0.1) is 11.4 Å². The van der Waals surface area contributed by atoms with Gasteiger partial charge in [-0.25, -0.2) is 8.78 Å². The zero-order chi connectivity index (χ0) is 10.5. The van der Waals surface area contributed by atoms with E-state index in [1.807, 2.05) is 0 Å². The highest BCUT2D eigenvalue weighted by molar-refractivity contribution is 5.70. The molecule has 2 aliphatic rings. The Kier molecular flexibility index (Phi) is 1.69. The van der Waals surface area contributed by atoms with Gasteiger partial charge in [0.25, 0.3) is 0 Å². The zero-order valence-corrected chi connectivity index (χ0v) is 8.24. The maximum absolute atomic E-state index is 13.4. The van der Waals surface area contributed by atoms with Gasteiger partial charge in [-0.1, -0.05) is 0 Å². The Labute approximate surface area is 86.7 Å². The van der Waals surface area contributed by atoms with E-state index >= 15 is 0 Å². The highest BCUT2D eigenvalue weighted by Gasteiger charge is 2.43. The molecule has 1 aliphatic heterocycles. The summed E-state index contributed by atoms with van der Waals surface area (Å²) >= 11 is 0. The maximum Gasteiger partial charge on any atom is 0.151 e. The molecule has 0 amide bonds. The van der Waals surface area contributed by atoms with E-state index in [2.05, 4.69) is 10.6 Å². The van der Waals surface area contributed by atoms with Gasteiger partial charge in [0.15, 0.2) is 5.82 Å². The average molecular weight is 210 g/mol. The molecule has 0 saturated heterocycles. The number of hydrogen-bond acceptors (Lipinski definition) is 2. The lowest BCUT2D eigenvalue weighted by Crippen LogP contribution is -2.19. The lowest BCUT2D eigenvalue weighted by Gasteiger charge is -2.10. The molecule has 1 fully saturated rings. The van der Waals surface area contributed by atoms with Crippen LogP contribution in [0.1, 0.15) is 12.8 Å². The molecule has 1 saturated carbocycles. The van der Waals surface area contributed by atoms with Gasteiger partial charge in [-0.2, -0.15) is 0 Å². The van der Waals surface area contributed by atoms with Crippen molar-refractivity contribution in [1.82, 2.24) is 0 Å². The van der Waals surface area contributed by atoms with Gasteiger partial charge in [-0.15, -0.1) is 0 Å². The molecule has 2 nitrogen and oxygen atoms in total. The first-order valence-electron chi connectivity index (χ1n) is 5.15. The Bertz CT molecular complexity index is 413. The molecule has 0 unspecified atom stereocenters. The minimum atomic E-state index is -0.535. The van der Waals surface area contributed by atoms with Crippen LogP contribution < -0.4 is 10.6 Å². The number of benzene rings is 1. The predicted octanol–water partition coefficient (Wildman–Crippen LogP) is 2.58. The molecule has 1 aliphatic carbocycles. The summed E-state index contributed by atoms with van der Waals surface area (Å²) in [5.74, 6) is -1.05. The smallest absolute Gasteiger partial charge is 0.151 e. The SMILES string of the molecule is Fc1cc(F)c2c(c1)NCC1(CC1)CN2. The third-order valence-electron chi connectivity index (χ3n) is 3.31. The summed E-state index contributed by atoms with van der Waals surface area (Å²) in [5.41, 5.74) is 1.21. The Balaban J connectivity index is 1.99. The molecule has 1 aromatic carbocycles. The molecule has 0 aromatic heterocycles. The topological polar surface area (TPSA) is 24.1 Å². The number of anilines is 2. The fourth-order valence-corrected chi connectivity index (χ4v) is 2.04. The Morgan fingerprint density at radius 3 is 2.53 bits per heavy atom. The Hall–Kier alpha value is -1.32. The standard InChI is InChI=1S/C11H12F2N2/c12-7-3-8(13)10-9(4-7)14-5-11(1-2-11)6-15-10/h3-4,14-15H,1-2,5-6H2. The van der Waals surface area contributed by atoms with E-state index in [0.29, 0.717) is 11.4 Å². The minimum absolute atomic E-state index is 0.266. The van der Waals surface area contributed by atoms with E-state index < -0.39 is 11.6 Å². The number of rotatable bonds is 0. The van der Waals surface area contributed by atoms with Gasteiger partial charge in [0.2, 0.25) is 0 Å². The predicted molar refractivity (Wildman–Crippen MR) is 55.0 cm³/mol. The van der Waals surface area contributed by atoms with Gasteiger partial charge in [0.1, 0.15) is 5.82 Å². The first-order valence-corrected chi connectivity index (χ1v) is 5.15.